The summed E-state index contributed by atoms with van der Waals surface area (Å²) in [4.78, 5) is 32.2. The molecule has 2 saturated carbocycles. The molecule has 2 aromatic rings. The number of imidazole rings is 1. The minimum absolute atomic E-state index is 0.0285. The average Bonchev–Trinajstić information content (AvgIpc) is 3.20. The number of carbonyl (C=O) groups is 2. The maximum absolute atomic E-state index is 13.9. The van der Waals surface area contributed by atoms with Gasteiger partial charge < -0.3 is 14.8 Å². The van der Waals surface area contributed by atoms with Gasteiger partial charge in [-0.2, -0.15) is 0 Å². The SMILES string of the molecule is CC(=O)NCCCCCc1nc2ccccc2n1CC(=O)N(C1CCCCC1)C1CCCCC1. The third kappa shape index (κ3) is 6.39. The van der Waals surface area contributed by atoms with E-state index in [0.717, 1.165) is 74.8 Å². The lowest BCUT2D eigenvalue weighted by atomic mass is 9.88. The molecule has 0 aliphatic heterocycles. The number of nitrogens with zero attached hydrogens (tertiary/aromatic N) is 3. The van der Waals surface area contributed by atoms with E-state index in [2.05, 4.69) is 26.9 Å². The Morgan fingerprint density at radius 2 is 1.59 bits per heavy atom. The monoisotopic (exact) mass is 466 g/mol. The molecule has 6 nitrogen and oxygen atoms in total. The molecule has 2 aliphatic carbocycles. The topological polar surface area (TPSA) is 67.2 Å². The standard InChI is InChI=1S/C28H42N4O2/c1-22(33)29-20-12-4-9-19-27-30-25-17-10-11-18-26(25)31(27)21-28(34)32(23-13-5-2-6-14-23)24-15-7-3-8-16-24/h10-11,17-18,23-24H,2-9,12-16,19-21H2,1H3,(H,29,33). The maximum Gasteiger partial charge on any atom is 0.243 e. The molecule has 186 valence electrons. The van der Waals surface area contributed by atoms with Crippen LogP contribution in [0.4, 0.5) is 0 Å². The van der Waals surface area contributed by atoms with Gasteiger partial charge in [-0.1, -0.05) is 57.1 Å². The molecule has 1 heterocycles. The molecule has 34 heavy (non-hydrogen) atoms. The summed E-state index contributed by atoms with van der Waals surface area (Å²) in [5.74, 6) is 1.33. The van der Waals surface area contributed by atoms with E-state index in [9.17, 15) is 9.59 Å². The van der Waals surface area contributed by atoms with Gasteiger partial charge >= 0.3 is 0 Å². The Balaban J connectivity index is 1.48. The number of benzene rings is 1. The zero-order chi connectivity index (χ0) is 23.8. The number of carbonyl (C=O) groups excluding carboxylic acids is 2. The van der Waals surface area contributed by atoms with Crippen LogP contribution in [-0.2, 0) is 22.6 Å². The first-order chi connectivity index (χ1) is 16.6. The maximum atomic E-state index is 13.9. The van der Waals surface area contributed by atoms with Crippen molar-refractivity contribution in [3.63, 3.8) is 0 Å². The number of aromatic nitrogens is 2. The van der Waals surface area contributed by atoms with Crippen LogP contribution in [0.2, 0.25) is 0 Å². The van der Waals surface area contributed by atoms with E-state index < -0.39 is 0 Å². The van der Waals surface area contributed by atoms with E-state index in [1.165, 1.54) is 38.5 Å². The number of hydrogen-bond acceptors (Lipinski definition) is 3. The molecule has 2 amide bonds. The number of fused-ring (bicyclic) bond motifs is 1. The van der Waals surface area contributed by atoms with Crippen LogP contribution in [-0.4, -0.2) is 44.9 Å². The Morgan fingerprint density at radius 3 is 2.24 bits per heavy atom. The van der Waals surface area contributed by atoms with Crippen LogP contribution in [0.15, 0.2) is 24.3 Å². The van der Waals surface area contributed by atoms with Crippen molar-refractivity contribution < 1.29 is 9.59 Å². The third-order valence-electron chi connectivity index (χ3n) is 7.70. The molecule has 1 N–H and O–H groups in total. The number of hydrogen-bond donors (Lipinski definition) is 1. The van der Waals surface area contributed by atoms with E-state index >= 15 is 0 Å². The van der Waals surface area contributed by atoms with Gasteiger partial charge in [0.2, 0.25) is 11.8 Å². The van der Waals surface area contributed by atoms with Crippen LogP contribution in [0.3, 0.4) is 0 Å². The van der Waals surface area contributed by atoms with Crippen LogP contribution in [0, 0.1) is 0 Å². The summed E-state index contributed by atoms with van der Waals surface area (Å²) in [5.41, 5.74) is 2.04. The predicted molar refractivity (Wildman–Crippen MR) is 137 cm³/mol. The highest BCUT2D eigenvalue weighted by molar-refractivity contribution is 5.81. The lowest BCUT2D eigenvalue weighted by Gasteiger charge is -2.42. The van der Waals surface area contributed by atoms with Gasteiger partial charge in [-0.15, -0.1) is 0 Å². The fraction of sp³-hybridized carbons (Fsp3) is 0.679. The number of rotatable bonds is 10. The Labute approximate surface area is 204 Å². The number of para-hydroxylation sites is 2. The van der Waals surface area contributed by atoms with Crippen molar-refractivity contribution in [1.82, 2.24) is 19.8 Å². The van der Waals surface area contributed by atoms with Crippen LogP contribution in [0.25, 0.3) is 11.0 Å². The number of aryl methyl sites for hydroxylation is 1. The molecule has 1 aromatic carbocycles. The molecular formula is C28H42N4O2. The van der Waals surface area contributed by atoms with E-state index in [1.54, 1.807) is 6.92 Å². The molecule has 0 bridgehead atoms. The van der Waals surface area contributed by atoms with Gasteiger partial charge in [0.15, 0.2) is 0 Å². The Hall–Kier alpha value is -2.37. The second-order valence-electron chi connectivity index (χ2n) is 10.3. The van der Waals surface area contributed by atoms with Crippen molar-refractivity contribution in [3.8, 4) is 0 Å². The van der Waals surface area contributed by atoms with Gasteiger partial charge in [0.25, 0.3) is 0 Å². The van der Waals surface area contributed by atoms with E-state index in [4.69, 9.17) is 4.98 Å². The van der Waals surface area contributed by atoms with Crippen LogP contribution in [0.1, 0.15) is 96.2 Å². The first-order valence-corrected chi connectivity index (χ1v) is 13.6. The predicted octanol–water partition coefficient (Wildman–Crippen LogP) is 5.38. The molecule has 6 heteroatoms. The van der Waals surface area contributed by atoms with Gasteiger partial charge in [0, 0.05) is 32.0 Å². The number of nitrogens with one attached hydrogen (secondary N) is 1. The quantitative estimate of drug-likeness (QED) is 0.478. The highest BCUT2D eigenvalue weighted by atomic mass is 16.2. The lowest BCUT2D eigenvalue weighted by Crippen LogP contribution is -2.50. The second kappa shape index (κ2) is 12.4. The molecule has 0 spiro atoms. The van der Waals surface area contributed by atoms with E-state index in [1.807, 2.05) is 12.1 Å². The van der Waals surface area contributed by atoms with Gasteiger partial charge in [0.05, 0.1) is 11.0 Å². The fourth-order valence-electron chi connectivity index (χ4n) is 5.98. The third-order valence-corrected chi connectivity index (χ3v) is 7.70. The average molecular weight is 467 g/mol. The van der Waals surface area contributed by atoms with Crippen LogP contribution >= 0.6 is 0 Å². The summed E-state index contributed by atoms with van der Waals surface area (Å²) in [6.07, 6.45) is 16.1. The van der Waals surface area contributed by atoms with Crippen molar-refractivity contribution >= 4 is 22.8 Å². The zero-order valence-corrected chi connectivity index (χ0v) is 20.9. The van der Waals surface area contributed by atoms with E-state index in [0.29, 0.717) is 18.6 Å². The summed E-state index contributed by atoms with van der Waals surface area (Å²) >= 11 is 0. The Bertz CT molecular complexity index is 923. The van der Waals surface area contributed by atoms with Gasteiger partial charge in [-0.05, 0) is 50.7 Å². The van der Waals surface area contributed by atoms with Crippen molar-refractivity contribution in [2.45, 2.75) is 115 Å². The summed E-state index contributed by atoms with van der Waals surface area (Å²) in [6, 6.07) is 9.04. The van der Waals surface area contributed by atoms with Crippen molar-refractivity contribution in [2.75, 3.05) is 6.54 Å². The fourth-order valence-corrected chi connectivity index (χ4v) is 5.98. The summed E-state index contributed by atoms with van der Waals surface area (Å²) < 4.78 is 2.18. The summed E-state index contributed by atoms with van der Waals surface area (Å²) in [7, 11) is 0. The molecule has 0 atom stereocenters. The van der Waals surface area contributed by atoms with Gasteiger partial charge in [-0.3, -0.25) is 9.59 Å². The Kier molecular flexibility index (Phi) is 9.00. The summed E-state index contributed by atoms with van der Waals surface area (Å²) in [5, 5.41) is 2.87. The lowest BCUT2D eigenvalue weighted by molar-refractivity contribution is -0.138. The molecule has 2 fully saturated rings. The number of unbranched alkanes of at least 4 members (excludes halogenated alkanes) is 2. The first-order valence-electron chi connectivity index (χ1n) is 13.6. The van der Waals surface area contributed by atoms with Crippen molar-refractivity contribution in [3.05, 3.63) is 30.1 Å². The van der Waals surface area contributed by atoms with Gasteiger partial charge in [0.1, 0.15) is 12.4 Å². The number of amides is 2. The highest BCUT2D eigenvalue weighted by Crippen LogP contribution is 2.31. The molecule has 0 saturated heterocycles. The van der Waals surface area contributed by atoms with Gasteiger partial charge in [-0.25, -0.2) is 4.98 Å². The summed E-state index contributed by atoms with van der Waals surface area (Å²) in [6.45, 7) is 2.68. The van der Waals surface area contributed by atoms with Crippen LogP contribution < -0.4 is 5.32 Å². The van der Waals surface area contributed by atoms with Crippen molar-refractivity contribution in [1.29, 1.82) is 0 Å². The molecule has 0 unspecified atom stereocenters. The minimum Gasteiger partial charge on any atom is -0.356 e. The largest absolute Gasteiger partial charge is 0.356 e. The Morgan fingerprint density at radius 1 is 0.941 bits per heavy atom. The molecule has 1 aromatic heterocycles. The zero-order valence-electron chi connectivity index (χ0n) is 20.9. The highest BCUT2D eigenvalue weighted by Gasteiger charge is 2.32. The molecular weight excluding hydrogens is 424 g/mol. The molecule has 2 aliphatic rings. The van der Waals surface area contributed by atoms with E-state index in [-0.39, 0.29) is 11.8 Å². The van der Waals surface area contributed by atoms with Crippen molar-refractivity contribution in [2.24, 2.45) is 0 Å². The smallest absolute Gasteiger partial charge is 0.243 e. The minimum atomic E-state index is 0.0285. The molecule has 0 radical (unpaired) electrons. The second-order valence-corrected chi connectivity index (χ2v) is 10.3. The first kappa shape index (κ1) is 24.7. The molecule has 4 rings (SSSR count). The van der Waals surface area contributed by atoms with Crippen LogP contribution in [0.5, 0.6) is 0 Å². The normalized spacial score (nSPS) is 17.7.